The van der Waals surface area contributed by atoms with Gasteiger partial charge in [0.2, 0.25) is 0 Å². The largest absolute Gasteiger partial charge is 0.381 e. The van der Waals surface area contributed by atoms with E-state index in [2.05, 4.69) is 36.9 Å². The maximum absolute atomic E-state index is 5.54. The van der Waals surface area contributed by atoms with Gasteiger partial charge >= 0.3 is 0 Å². The number of hydrogen-bond acceptors (Lipinski definition) is 4. The number of halogens is 1. The Bertz CT molecular complexity index is 605. The highest BCUT2D eigenvalue weighted by molar-refractivity contribution is 9.10. The van der Waals surface area contributed by atoms with Gasteiger partial charge in [-0.15, -0.1) is 0 Å². The molecule has 0 aromatic carbocycles. The summed E-state index contributed by atoms with van der Waals surface area (Å²) < 4.78 is 6.51. The zero-order chi connectivity index (χ0) is 13.9. The number of pyridine rings is 2. The molecule has 0 bridgehead atoms. The molecule has 0 radical (unpaired) electrons. The molecule has 0 N–H and O–H groups in total. The third-order valence-corrected chi connectivity index (χ3v) is 4.14. The maximum atomic E-state index is 5.54. The Morgan fingerprint density at radius 3 is 3.20 bits per heavy atom. The van der Waals surface area contributed by atoms with Gasteiger partial charge in [-0.25, -0.2) is 0 Å². The van der Waals surface area contributed by atoms with Gasteiger partial charge in [0, 0.05) is 42.5 Å². The molecule has 5 heteroatoms. The number of ether oxygens (including phenoxy) is 1. The van der Waals surface area contributed by atoms with Crippen molar-refractivity contribution in [2.24, 2.45) is 5.92 Å². The number of aromatic nitrogens is 2. The second-order valence-corrected chi connectivity index (χ2v) is 6.03. The monoisotopic (exact) mass is 335 g/mol. The second kappa shape index (κ2) is 6.06. The van der Waals surface area contributed by atoms with Crippen LogP contribution in [0.5, 0.6) is 0 Å². The van der Waals surface area contributed by atoms with Crippen LogP contribution in [0.2, 0.25) is 0 Å². The van der Waals surface area contributed by atoms with Crippen LogP contribution in [0.3, 0.4) is 0 Å². The van der Waals surface area contributed by atoms with Crippen LogP contribution in [0.1, 0.15) is 13.3 Å². The van der Waals surface area contributed by atoms with Gasteiger partial charge in [0.15, 0.2) is 0 Å². The van der Waals surface area contributed by atoms with E-state index in [1.165, 1.54) is 12.1 Å². The summed E-state index contributed by atoms with van der Waals surface area (Å²) in [5, 5.41) is 0. The minimum absolute atomic E-state index is 0.619. The van der Waals surface area contributed by atoms with E-state index in [0.29, 0.717) is 5.92 Å². The average molecular weight is 336 g/mol. The molecule has 1 fully saturated rings. The third-order valence-electron chi connectivity index (χ3n) is 3.71. The molecule has 3 rings (SSSR count). The van der Waals surface area contributed by atoms with Crippen molar-refractivity contribution in [2.75, 3.05) is 31.2 Å². The third kappa shape index (κ3) is 2.79. The first-order valence-electron chi connectivity index (χ1n) is 7.01. The molecule has 3 heterocycles. The summed E-state index contributed by atoms with van der Waals surface area (Å²) in [4.78, 5) is 11.3. The molecule has 1 aliphatic rings. The van der Waals surface area contributed by atoms with Crippen molar-refractivity contribution < 1.29 is 4.74 Å². The molecular formula is C15H18BrN3O. The predicted molar refractivity (Wildman–Crippen MR) is 84.1 cm³/mol. The van der Waals surface area contributed by atoms with Gasteiger partial charge in [0.1, 0.15) is 5.52 Å². The number of nitrogens with zero attached hydrogens (tertiary/aromatic N) is 3. The summed E-state index contributed by atoms with van der Waals surface area (Å²) in [5.74, 6) is 0.619. The lowest BCUT2D eigenvalue weighted by Crippen LogP contribution is -2.21. The van der Waals surface area contributed by atoms with E-state index < -0.39 is 0 Å². The number of hydrogen-bond donors (Lipinski definition) is 0. The molecule has 0 saturated carbocycles. The van der Waals surface area contributed by atoms with Gasteiger partial charge < -0.3 is 9.64 Å². The smallest absolute Gasteiger partial charge is 0.112 e. The van der Waals surface area contributed by atoms with Crippen molar-refractivity contribution >= 4 is 32.7 Å². The van der Waals surface area contributed by atoms with Crippen LogP contribution in [-0.2, 0) is 4.74 Å². The summed E-state index contributed by atoms with van der Waals surface area (Å²) >= 11 is 3.45. The molecule has 1 unspecified atom stereocenters. The van der Waals surface area contributed by atoms with E-state index in [9.17, 15) is 0 Å². The van der Waals surface area contributed by atoms with E-state index in [-0.39, 0.29) is 0 Å². The van der Waals surface area contributed by atoms with Crippen LogP contribution in [-0.4, -0.2) is 36.3 Å². The SMILES string of the molecule is CCOCC1CCN(c2ccnc3cc(Br)cnc23)C1. The van der Waals surface area contributed by atoms with Gasteiger partial charge in [-0.1, -0.05) is 0 Å². The first kappa shape index (κ1) is 13.8. The Hall–Kier alpha value is -1.20. The van der Waals surface area contributed by atoms with Crippen molar-refractivity contribution in [1.29, 1.82) is 0 Å². The summed E-state index contributed by atoms with van der Waals surface area (Å²) in [6, 6.07) is 4.08. The standard InChI is InChI=1S/C15H18BrN3O/c1-2-20-10-11-4-6-19(9-11)14-3-5-17-13-7-12(16)8-18-15(13)14/h3,5,7-8,11H,2,4,6,9-10H2,1H3. The van der Waals surface area contributed by atoms with Crippen LogP contribution < -0.4 is 4.90 Å². The fourth-order valence-electron chi connectivity index (χ4n) is 2.72. The Kier molecular flexibility index (Phi) is 4.17. The highest BCUT2D eigenvalue weighted by atomic mass is 79.9. The van der Waals surface area contributed by atoms with Gasteiger partial charge in [-0.2, -0.15) is 0 Å². The molecule has 1 saturated heterocycles. The van der Waals surface area contributed by atoms with Crippen LogP contribution in [0.15, 0.2) is 29.0 Å². The maximum Gasteiger partial charge on any atom is 0.112 e. The second-order valence-electron chi connectivity index (χ2n) is 5.11. The topological polar surface area (TPSA) is 38.2 Å². The Morgan fingerprint density at radius 1 is 1.45 bits per heavy atom. The Labute approximate surface area is 127 Å². The lowest BCUT2D eigenvalue weighted by atomic mass is 10.1. The summed E-state index contributed by atoms with van der Waals surface area (Å²) in [5.41, 5.74) is 3.10. The van der Waals surface area contributed by atoms with Crippen molar-refractivity contribution in [3.05, 3.63) is 29.0 Å². The van der Waals surface area contributed by atoms with Crippen molar-refractivity contribution in [2.45, 2.75) is 13.3 Å². The summed E-state index contributed by atoms with van der Waals surface area (Å²) in [6.07, 6.45) is 4.88. The molecule has 1 aliphatic heterocycles. The fourth-order valence-corrected chi connectivity index (χ4v) is 3.04. The molecule has 1 atom stereocenters. The lowest BCUT2D eigenvalue weighted by molar-refractivity contribution is 0.117. The molecule has 106 valence electrons. The first-order valence-corrected chi connectivity index (χ1v) is 7.80. The first-order chi connectivity index (χ1) is 9.78. The zero-order valence-electron chi connectivity index (χ0n) is 11.6. The van der Waals surface area contributed by atoms with E-state index in [1.807, 2.05) is 25.4 Å². The Morgan fingerprint density at radius 2 is 2.35 bits per heavy atom. The van der Waals surface area contributed by atoms with E-state index in [4.69, 9.17) is 4.74 Å². The zero-order valence-corrected chi connectivity index (χ0v) is 13.1. The molecule has 2 aromatic heterocycles. The minimum Gasteiger partial charge on any atom is -0.381 e. The van der Waals surface area contributed by atoms with E-state index in [0.717, 1.165) is 41.8 Å². The van der Waals surface area contributed by atoms with E-state index >= 15 is 0 Å². The molecule has 0 spiro atoms. The molecular weight excluding hydrogens is 318 g/mol. The van der Waals surface area contributed by atoms with Gasteiger partial charge in [0.05, 0.1) is 17.8 Å². The fraction of sp³-hybridized carbons (Fsp3) is 0.467. The molecule has 2 aromatic rings. The summed E-state index contributed by atoms with van der Waals surface area (Å²) in [6.45, 7) is 5.80. The average Bonchev–Trinajstić information content (AvgIpc) is 2.92. The van der Waals surface area contributed by atoms with Gasteiger partial charge in [-0.05, 0) is 41.4 Å². The highest BCUT2D eigenvalue weighted by Crippen LogP contribution is 2.29. The molecule has 0 amide bonds. The van der Waals surface area contributed by atoms with Crippen LogP contribution >= 0.6 is 15.9 Å². The van der Waals surface area contributed by atoms with Gasteiger partial charge in [0.25, 0.3) is 0 Å². The molecule has 20 heavy (non-hydrogen) atoms. The number of fused-ring (bicyclic) bond motifs is 1. The van der Waals surface area contributed by atoms with Crippen LogP contribution in [0, 0.1) is 5.92 Å². The predicted octanol–water partition coefficient (Wildman–Crippen LogP) is 3.26. The number of rotatable bonds is 4. The van der Waals surface area contributed by atoms with Crippen molar-refractivity contribution in [3.8, 4) is 0 Å². The normalized spacial score (nSPS) is 18.9. The van der Waals surface area contributed by atoms with Crippen LogP contribution in [0.25, 0.3) is 11.0 Å². The highest BCUT2D eigenvalue weighted by Gasteiger charge is 2.24. The van der Waals surface area contributed by atoms with Crippen molar-refractivity contribution in [3.63, 3.8) is 0 Å². The van der Waals surface area contributed by atoms with Gasteiger partial charge in [-0.3, -0.25) is 9.97 Å². The molecule has 0 aliphatic carbocycles. The summed E-state index contributed by atoms with van der Waals surface area (Å²) in [7, 11) is 0. The van der Waals surface area contributed by atoms with E-state index in [1.54, 1.807) is 0 Å². The number of anilines is 1. The van der Waals surface area contributed by atoms with Crippen molar-refractivity contribution in [1.82, 2.24) is 9.97 Å². The quantitative estimate of drug-likeness (QED) is 0.859. The Balaban J connectivity index is 1.84. The lowest BCUT2D eigenvalue weighted by Gasteiger charge is -2.19. The minimum atomic E-state index is 0.619. The molecule has 4 nitrogen and oxygen atoms in total. The van der Waals surface area contributed by atoms with Crippen LogP contribution in [0.4, 0.5) is 5.69 Å².